The lowest BCUT2D eigenvalue weighted by Crippen LogP contribution is -2.66. The first kappa shape index (κ1) is 19.5. The van der Waals surface area contributed by atoms with E-state index in [9.17, 15) is 9.59 Å². The third-order valence-corrected chi connectivity index (χ3v) is 4.09. The Labute approximate surface area is 145 Å². The van der Waals surface area contributed by atoms with E-state index < -0.39 is 22.6 Å². The van der Waals surface area contributed by atoms with Crippen LogP contribution in [0.15, 0.2) is 29.2 Å². The summed E-state index contributed by atoms with van der Waals surface area (Å²) in [6.45, 7) is 1.66. The number of quaternary nitrogens is 1. The van der Waals surface area contributed by atoms with Crippen LogP contribution in [0.25, 0.3) is 0 Å². The van der Waals surface area contributed by atoms with E-state index in [0.717, 1.165) is 11.9 Å². The number of hydrogen-bond acceptors (Lipinski definition) is 6. The van der Waals surface area contributed by atoms with Crippen molar-refractivity contribution in [3.63, 3.8) is 0 Å². The largest absolute Gasteiger partial charge is 0.445 e. The van der Waals surface area contributed by atoms with Gasteiger partial charge in [0.25, 0.3) is 0 Å². The number of carbonyl (C=O) groups is 2. The Kier molecular flexibility index (Phi) is 6.76. The summed E-state index contributed by atoms with van der Waals surface area (Å²) in [4.78, 5) is 27.1. The van der Waals surface area contributed by atoms with Crippen LogP contribution in [0.5, 0.6) is 0 Å². The molecule has 0 saturated heterocycles. The van der Waals surface area contributed by atoms with Crippen LogP contribution in [0.1, 0.15) is 12.5 Å². The zero-order valence-corrected chi connectivity index (χ0v) is 14.8. The lowest BCUT2D eigenvalue weighted by atomic mass is 10.2. The number of amides is 4. The van der Waals surface area contributed by atoms with Crippen molar-refractivity contribution in [2.24, 2.45) is 0 Å². The monoisotopic (exact) mass is 350 g/mol. The van der Waals surface area contributed by atoms with E-state index in [1.807, 2.05) is 6.07 Å². The minimum atomic E-state index is -0.910. The molecule has 0 radical (unpaired) electrons. The summed E-state index contributed by atoms with van der Waals surface area (Å²) >= 11 is 0.999. The van der Waals surface area contributed by atoms with E-state index >= 15 is 0 Å². The van der Waals surface area contributed by atoms with Crippen molar-refractivity contribution in [2.45, 2.75) is 11.8 Å². The molecule has 1 unspecified atom stereocenters. The zero-order chi connectivity index (χ0) is 18.3. The number of imide groups is 1. The molecule has 1 aromatic carbocycles. The maximum atomic E-state index is 12.7. The van der Waals surface area contributed by atoms with Gasteiger partial charge in [-0.1, -0.05) is 4.48 Å². The SMILES string of the molecule is CC[N+](C(=N)OC)(C(=O)NSc1ccc(C#N)cc1)C(=O)N(C)C. The molecular weight excluding hydrogens is 330 g/mol. The molecule has 4 amide bonds. The average molecular weight is 350 g/mol. The number of amidine groups is 1. The Bertz CT molecular complexity index is 669. The number of methoxy groups -OCH3 is 1. The molecule has 0 aliphatic rings. The molecule has 0 fully saturated rings. The van der Waals surface area contributed by atoms with Gasteiger partial charge in [0.15, 0.2) is 0 Å². The molecule has 1 atom stereocenters. The fraction of sp³-hybridized carbons (Fsp3) is 0.333. The highest BCUT2D eigenvalue weighted by atomic mass is 32.2. The zero-order valence-electron chi connectivity index (χ0n) is 14.0. The van der Waals surface area contributed by atoms with E-state index in [4.69, 9.17) is 15.4 Å². The van der Waals surface area contributed by atoms with E-state index in [1.165, 1.54) is 26.1 Å². The normalized spacial score (nSPS) is 12.5. The lowest BCUT2D eigenvalue weighted by molar-refractivity contribution is -0.684. The Morgan fingerprint density at radius 1 is 1.38 bits per heavy atom. The first-order valence-corrected chi connectivity index (χ1v) is 7.85. The van der Waals surface area contributed by atoms with Gasteiger partial charge in [0.2, 0.25) is 0 Å². The fourth-order valence-electron chi connectivity index (χ4n) is 1.96. The molecule has 2 N–H and O–H groups in total. The third kappa shape index (κ3) is 3.84. The van der Waals surface area contributed by atoms with Crippen molar-refractivity contribution in [1.29, 1.82) is 10.7 Å². The molecule has 0 saturated carbocycles. The molecule has 8 nitrogen and oxygen atoms in total. The summed E-state index contributed by atoms with van der Waals surface area (Å²) in [5, 5.41) is 16.7. The van der Waals surface area contributed by atoms with Crippen LogP contribution in [0, 0.1) is 16.7 Å². The molecule has 0 spiro atoms. The van der Waals surface area contributed by atoms with Gasteiger partial charge in [-0.15, -0.1) is 0 Å². The molecule has 1 rings (SSSR count). The summed E-state index contributed by atoms with van der Waals surface area (Å²) in [6.07, 6.45) is 0. The van der Waals surface area contributed by atoms with E-state index in [0.29, 0.717) is 10.5 Å². The van der Waals surface area contributed by atoms with Gasteiger partial charge in [-0.05, 0) is 43.1 Å². The smallest absolute Gasteiger partial charge is 0.439 e. The van der Waals surface area contributed by atoms with E-state index in [1.54, 1.807) is 31.2 Å². The maximum Gasteiger partial charge on any atom is 0.445 e. The Morgan fingerprint density at radius 3 is 2.38 bits per heavy atom. The molecule has 24 heavy (non-hydrogen) atoms. The van der Waals surface area contributed by atoms with Gasteiger partial charge in [-0.3, -0.25) is 4.90 Å². The second kappa shape index (κ2) is 8.33. The van der Waals surface area contributed by atoms with E-state index in [2.05, 4.69) is 4.72 Å². The average Bonchev–Trinajstić information content (AvgIpc) is 2.60. The van der Waals surface area contributed by atoms with Gasteiger partial charge < -0.3 is 4.74 Å². The fourth-order valence-corrected chi connectivity index (χ4v) is 2.60. The predicted octanol–water partition coefficient (Wildman–Crippen LogP) is 2.37. The molecular formula is C15H20N5O3S+. The number of rotatable bonds is 3. The summed E-state index contributed by atoms with van der Waals surface area (Å²) in [7, 11) is 4.26. The molecule has 0 bridgehead atoms. The molecule has 1 aromatic rings. The Balaban J connectivity index is 3.01. The summed E-state index contributed by atoms with van der Waals surface area (Å²) in [5.74, 6) is 0. The van der Waals surface area contributed by atoms with Gasteiger partial charge in [-0.2, -0.15) is 5.26 Å². The van der Waals surface area contributed by atoms with Gasteiger partial charge in [-0.25, -0.2) is 19.7 Å². The second-order valence-corrected chi connectivity index (χ2v) is 5.84. The number of hydrogen-bond donors (Lipinski definition) is 2. The van der Waals surface area contributed by atoms with Gasteiger partial charge >= 0.3 is 18.1 Å². The molecule has 0 aromatic heterocycles. The third-order valence-electron chi connectivity index (χ3n) is 3.31. The number of carbonyl (C=O) groups excluding carboxylic acids is 2. The maximum absolute atomic E-state index is 12.7. The number of urea groups is 2. The number of benzene rings is 1. The molecule has 0 aliphatic carbocycles. The van der Waals surface area contributed by atoms with Crippen LogP contribution in [0.2, 0.25) is 0 Å². The second-order valence-electron chi connectivity index (χ2n) is 4.96. The first-order chi connectivity index (χ1) is 11.3. The minimum Gasteiger partial charge on any atom is -0.439 e. The highest BCUT2D eigenvalue weighted by Crippen LogP contribution is 2.19. The van der Waals surface area contributed by atoms with Crippen molar-refractivity contribution in [2.75, 3.05) is 27.7 Å². The number of nitrogens with zero attached hydrogens (tertiary/aromatic N) is 3. The van der Waals surface area contributed by atoms with Crippen molar-refractivity contribution >= 4 is 30.0 Å². The predicted molar refractivity (Wildman–Crippen MR) is 90.2 cm³/mol. The van der Waals surface area contributed by atoms with Gasteiger partial charge in [0.1, 0.15) is 6.54 Å². The minimum absolute atomic E-state index is 0.0312. The van der Waals surface area contributed by atoms with Crippen LogP contribution < -0.4 is 4.72 Å². The topological polar surface area (TPSA) is 106 Å². The summed E-state index contributed by atoms with van der Waals surface area (Å²) in [5.41, 5.74) is 0.508. The Morgan fingerprint density at radius 2 is 1.96 bits per heavy atom. The first-order valence-electron chi connectivity index (χ1n) is 7.04. The highest BCUT2D eigenvalue weighted by Gasteiger charge is 2.51. The van der Waals surface area contributed by atoms with Crippen molar-refractivity contribution in [3.8, 4) is 6.07 Å². The number of nitrogens with one attached hydrogen (secondary N) is 2. The standard InChI is InChI=1S/C15H19N5O3S/c1-5-20(13(17)23-4,15(22)19(2)3)14(21)18-24-12-8-6-11(10-16)7-9-12/h6-9,17H,5H2,1-4H3/p+1. The number of nitriles is 1. The van der Waals surface area contributed by atoms with Crippen molar-refractivity contribution in [3.05, 3.63) is 29.8 Å². The van der Waals surface area contributed by atoms with Gasteiger partial charge in [0, 0.05) is 19.0 Å². The Hall–Kier alpha value is -2.57. The molecule has 0 aliphatic heterocycles. The molecule has 0 heterocycles. The quantitative estimate of drug-likeness (QED) is 0.377. The van der Waals surface area contributed by atoms with Crippen LogP contribution >= 0.6 is 11.9 Å². The van der Waals surface area contributed by atoms with Crippen LogP contribution in [0.3, 0.4) is 0 Å². The van der Waals surface area contributed by atoms with Crippen LogP contribution in [0.4, 0.5) is 9.59 Å². The highest BCUT2D eigenvalue weighted by molar-refractivity contribution is 7.98. The summed E-state index contributed by atoms with van der Waals surface area (Å²) in [6, 6.07) is 6.89. The van der Waals surface area contributed by atoms with Crippen molar-refractivity contribution in [1.82, 2.24) is 9.62 Å². The summed E-state index contributed by atoms with van der Waals surface area (Å²) < 4.78 is 6.55. The lowest BCUT2D eigenvalue weighted by Gasteiger charge is -2.30. The molecule has 128 valence electrons. The van der Waals surface area contributed by atoms with Crippen LogP contribution in [-0.2, 0) is 4.74 Å². The number of ether oxygens (including phenoxy) is 1. The van der Waals surface area contributed by atoms with Crippen LogP contribution in [-0.4, -0.2) is 55.2 Å². The van der Waals surface area contributed by atoms with Gasteiger partial charge in [0.05, 0.1) is 18.7 Å². The van der Waals surface area contributed by atoms with E-state index in [-0.39, 0.29) is 6.54 Å². The molecule has 9 heteroatoms. The van der Waals surface area contributed by atoms with Crippen molar-refractivity contribution < 1.29 is 18.8 Å².